The van der Waals surface area contributed by atoms with E-state index in [1.165, 1.54) is 61.6 Å². The number of carbonyl (C=O) groups excluding carboxylic acids is 3. The average Bonchev–Trinajstić information content (AvgIpc) is 3.51. The molecule has 5 rings (SSSR count). The predicted octanol–water partition coefficient (Wildman–Crippen LogP) is 4.53. The Kier molecular flexibility index (Phi) is 9.17. The molecule has 3 heterocycles. The standard InChI is InChI=1S/C29H31F2N7O4/c30-20-5-3-19(4-6-20)15-26(39)36-28(40)34-24-8-7-22(16-23(24)31)42-27-17-25(32-18-33-27)35-29(41)38-13-9-21(10-14-38)37-11-1-2-12-37/h3-8,16-18,21H,1-2,9-15H2,(H,32,33,35,41)(H2,34,36,39,40). The van der Waals surface area contributed by atoms with E-state index in [0.29, 0.717) is 24.7 Å². The average molecular weight is 580 g/mol. The van der Waals surface area contributed by atoms with Gasteiger partial charge in [0.05, 0.1) is 12.1 Å². The first-order valence-electron chi connectivity index (χ1n) is 13.8. The summed E-state index contributed by atoms with van der Waals surface area (Å²) in [7, 11) is 0. The number of amides is 5. The van der Waals surface area contributed by atoms with Crippen LogP contribution in [-0.4, -0.2) is 70.0 Å². The highest BCUT2D eigenvalue weighted by atomic mass is 19.1. The summed E-state index contributed by atoms with van der Waals surface area (Å²) in [5.74, 6) is -1.48. The van der Waals surface area contributed by atoms with Gasteiger partial charge in [0.1, 0.15) is 29.5 Å². The van der Waals surface area contributed by atoms with Crippen molar-refractivity contribution in [1.82, 2.24) is 25.1 Å². The molecule has 2 fully saturated rings. The van der Waals surface area contributed by atoms with E-state index in [9.17, 15) is 23.2 Å². The van der Waals surface area contributed by atoms with Gasteiger partial charge in [-0.1, -0.05) is 12.1 Å². The smallest absolute Gasteiger partial charge is 0.325 e. The maximum absolute atomic E-state index is 14.7. The number of hydrogen-bond acceptors (Lipinski definition) is 7. The number of aromatic nitrogens is 2. The third kappa shape index (κ3) is 7.75. The maximum Gasteiger partial charge on any atom is 0.325 e. The van der Waals surface area contributed by atoms with Crippen molar-refractivity contribution in [3.8, 4) is 11.6 Å². The Bertz CT molecular complexity index is 1430. The van der Waals surface area contributed by atoms with Gasteiger partial charge in [-0.15, -0.1) is 0 Å². The zero-order chi connectivity index (χ0) is 29.5. The monoisotopic (exact) mass is 579 g/mol. The molecule has 0 bridgehead atoms. The summed E-state index contributed by atoms with van der Waals surface area (Å²) < 4.78 is 33.3. The lowest BCUT2D eigenvalue weighted by Gasteiger charge is -2.36. The molecule has 0 aliphatic carbocycles. The summed E-state index contributed by atoms with van der Waals surface area (Å²) in [6, 6.07) is 9.77. The normalized spacial score (nSPS) is 15.7. The molecule has 11 nitrogen and oxygen atoms in total. The molecule has 42 heavy (non-hydrogen) atoms. The molecular weight excluding hydrogens is 548 g/mol. The van der Waals surface area contributed by atoms with Crippen molar-refractivity contribution in [2.24, 2.45) is 0 Å². The van der Waals surface area contributed by atoms with Crippen LogP contribution in [0.15, 0.2) is 54.9 Å². The Morgan fingerprint density at radius 1 is 0.905 bits per heavy atom. The Morgan fingerprint density at radius 2 is 1.64 bits per heavy atom. The molecule has 2 aromatic carbocycles. The van der Waals surface area contributed by atoms with Crippen molar-refractivity contribution in [2.75, 3.05) is 36.8 Å². The van der Waals surface area contributed by atoms with E-state index in [-0.39, 0.29) is 35.6 Å². The predicted molar refractivity (Wildman–Crippen MR) is 150 cm³/mol. The Morgan fingerprint density at radius 3 is 2.36 bits per heavy atom. The molecule has 2 saturated heterocycles. The number of imide groups is 1. The molecule has 3 aromatic rings. The van der Waals surface area contributed by atoms with E-state index < -0.39 is 23.6 Å². The van der Waals surface area contributed by atoms with Crippen LogP contribution >= 0.6 is 0 Å². The quantitative estimate of drug-likeness (QED) is 0.375. The molecular formula is C29H31F2N7O4. The van der Waals surface area contributed by atoms with Crippen LogP contribution in [0.1, 0.15) is 31.2 Å². The van der Waals surface area contributed by atoms with Gasteiger partial charge < -0.3 is 19.9 Å². The second kappa shape index (κ2) is 13.3. The molecule has 2 aliphatic heterocycles. The molecule has 0 spiro atoms. The number of halogens is 2. The van der Waals surface area contributed by atoms with Gasteiger partial charge in [0.2, 0.25) is 11.8 Å². The summed E-state index contributed by atoms with van der Waals surface area (Å²) in [6.07, 6.45) is 5.44. The lowest BCUT2D eigenvalue weighted by Crippen LogP contribution is -2.47. The van der Waals surface area contributed by atoms with E-state index in [1.54, 1.807) is 4.90 Å². The van der Waals surface area contributed by atoms with Crippen LogP contribution in [-0.2, 0) is 11.2 Å². The zero-order valence-corrected chi connectivity index (χ0v) is 22.8. The number of ether oxygens (including phenoxy) is 1. The number of anilines is 2. The maximum atomic E-state index is 14.7. The van der Waals surface area contributed by atoms with Gasteiger partial charge in [-0.25, -0.2) is 28.3 Å². The third-order valence-corrected chi connectivity index (χ3v) is 7.23. The molecule has 2 aliphatic rings. The van der Waals surface area contributed by atoms with Crippen LogP contribution in [0.4, 0.5) is 29.9 Å². The van der Waals surface area contributed by atoms with Gasteiger partial charge in [-0.05, 0) is 68.6 Å². The number of hydrogen-bond donors (Lipinski definition) is 3. The fourth-order valence-corrected chi connectivity index (χ4v) is 5.09. The molecule has 0 atom stereocenters. The van der Waals surface area contributed by atoms with Gasteiger partial charge in [-0.2, -0.15) is 0 Å². The largest absolute Gasteiger partial charge is 0.439 e. The van der Waals surface area contributed by atoms with Crippen LogP contribution in [0.5, 0.6) is 11.6 Å². The minimum atomic E-state index is -0.925. The number of carbonyl (C=O) groups is 3. The summed E-state index contributed by atoms with van der Waals surface area (Å²) >= 11 is 0. The lowest BCUT2D eigenvalue weighted by molar-refractivity contribution is -0.119. The van der Waals surface area contributed by atoms with Gasteiger partial charge in [0, 0.05) is 31.3 Å². The minimum Gasteiger partial charge on any atom is -0.439 e. The first-order chi connectivity index (χ1) is 20.3. The fourth-order valence-electron chi connectivity index (χ4n) is 5.09. The highest BCUT2D eigenvalue weighted by molar-refractivity contribution is 6.01. The van der Waals surface area contributed by atoms with Crippen LogP contribution in [0, 0.1) is 11.6 Å². The van der Waals surface area contributed by atoms with Gasteiger partial charge >= 0.3 is 12.1 Å². The highest BCUT2D eigenvalue weighted by Crippen LogP contribution is 2.26. The highest BCUT2D eigenvalue weighted by Gasteiger charge is 2.28. The lowest BCUT2D eigenvalue weighted by atomic mass is 10.0. The summed E-state index contributed by atoms with van der Waals surface area (Å²) in [4.78, 5) is 49.4. The number of benzene rings is 2. The van der Waals surface area contributed by atoms with Crippen molar-refractivity contribution in [2.45, 2.75) is 38.1 Å². The summed E-state index contributed by atoms with van der Waals surface area (Å²) in [5.41, 5.74) is 0.331. The first kappa shape index (κ1) is 28.9. The fraction of sp³-hybridized carbons (Fsp3) is 0.345. The Labute approximate surface area is 241 Å². The number of nitrogens with one attached hydrogen (secondary N) is 3. The van der Waals surface area contributed by atoms with Crippen molar-refractivity contribution in [3.63, 3.8) is 0 Å². The van der Waals surface area contributed by atoms with E-state index >= 15 is 0 Å². The second-order valence-corrected chi connectivity index (χ2v) is 10.2. The minimum absolute atomic E-state index is 0.0808. The topological polar surface area (TPSA) is 129 Å². The SMILES string of the molecule is O=C(Cc1ccc(F)cc1)NC(=O)Nc1ccc(Oc2cc(NC(=O)N3CCC(N4CCCC4)CC3)ncn2)cc1F. The van der Waals surface area contributed by atoms with E-state index in [2.05, 4.69) is 30.8 Å². The second-order valence-electron chi connectivity index (χ2n) is 10.2. The third-order valence-electron chi connectivity index (χ3n) is 7.23. The molecule has 0 radical (unpaired) electrons. The Hall–Kier alpha value is -4.65. The van der Waals surface area contributed by atoms with Gasteiger partial charge in [-0.3, -0.25) is 15.4 Å². The van der Waals surface area contributed by atoms with Crippen LogP contribution < -0.4 is 20.7 Å². The number of nitrogens with zero attached hydrogens (tertiary/aromatic N) is 4. The Balaban J connectivity index is 1.10. The molecule has 0 saturated carbocycles. The van der Waals surface area contributed by atoms with Crippen molar-refractivity contribution in [1.29, 1.82) is 0 Å². The molecule has 3 N–H and O–H groups in total. The van der Waals surface area contributed by atoms with Crippen molar-refractivity contribution < 1.29 is 27.9 Å². The number of rotatable bonds is 7. The van der Waals surface area contributed by atoms with Gasteiger partial charge in [0.25, 0.3) is 0 Å². The molecule has 220 valence electrons. The van der Waals surface area contributed by atoms with E-state index in [4.69, 9.17) is 4.74 Å². The molecule has 0 unspecified atom stereocenters. The number of likely N-dealkylation sites (tertiary alicyclic amines) is 2. The van der Waals surface area contributed by atoms with E-state index in [1.807, 2.05) is 0 Å². The molecule has 1 aromatic heterocycles. The zero-order valence-electron chi connectivity index (χ0n) is 22.8. The van der Waals surface area contributed by atoms with Crippen LogP contribution in [0.2, 0.25) is 0 Å². The van der Waals surface area contributed by atoms with Crippen LogP contribution in [0.25, 0.3) is 0 Å². The van der Waals surface area contributed by atoms with Crippen molar-refractivity contribution in [3.05, 3.63) is 72.1 Å². The summed E-state index contributed by atoms with van der Waals surface area (Å²) in [5, 5.41) is 7.13. The summed E-state index contributed by atoms with van der Waals surface area (Å²) in [6.45, 7) is 3.61. The van der Waals surface area contributed by atoms with E-state index in [0.717, 1.165) is 32.0 Å². The first-order valence-corrected chi connectivity index (χ1v) is 13.8. The molecule has 5 amide bonds. The van der Waals surface area contributed by atoms with Gasteiger partial charge in [0.15, 0.2) is 0 Å². The number of piperidine rings is 1. The number of urea groups is 2. The van der Waals surface area contributed by atoms with Crippen molar-refractivity contribution >= 4 is 29.5 Å². The van der Waals surface area contributed by atoms with Crippen LogP contribution in [0.3, 0.4) is 0 Å². The molecule has 13 heteroatoms.